The van der Waals surface area contributed by atoms with Gasteiger partial charge in [-0.15, -0.1) is 0 Å². The Balaban J connectivity index is 1.99. The van der Waals surface area contributed by atoms with Gasteiger partial charge in [0.25, 0.3) is 0 Å². The molecule has 0 spiro atoms. The average Bonchev–Trinajstić information content (AvgIpc) is 2.66. The lowest BCUT2D eigenvalue weighted by Gasteiger charge is -2.22. The first-order valence-corrected chi connectivity index (χ1v) is 8.81. The average molecular weight is 328 g/mol. The summed E-state index contributed by atoms with van der Waals surface area (Å²) in [5.74, 6) is 0. The van der Waals surface area contributed by atoms with Crippen LogP contribution in [0.25, 0.3) is 0 Å². The van der Waals surface area contributed by atoms with Gasteiger partial charge in [-0.2, -0.15) is 0 Å². The Morgan fingerprint density at radius 1 is 1.17 bits per heavy atom. The zero-order chi connectivity index (χ0) is 16.2. The van der Waals surface area contributed by atoms with Crippen molar-refractivity contribution >= 4 is 17.6 Å². The highest BCUT2D eigenvalue weighted by atomic mass is 32.2. The SMILES string of the molecule is COCCCNC1c2ccc(C)cc2SN(C)c2ccccc21. The molecule has 2 aromatic carbocycles. The second kappa shape index (κ2) is 7.39. The van der Waals surface area contributed by atoms with Gasteiger partial charge in [-0.25, -0.2) is 0 Å². The molecule has 0 saturated carbocycles. The van der Waals surface area contributed by atoms with Crippen LogP contribution in [-0.2, 0) is 4.74 Å². The predicted octanol–water partition coefficient (Wildman–Crippen LogP) is 4.17. The summed E-state index contributed by atoms with van der Waals surface area (Å²) in [6.45, 7) is 3.88. The second-order valence-electron chi connectivity index (χ2n) is 5.92. The number of hydrogen-bond donors (Lipinski definition) is 1. The Morgan fingerprint density at radius 3 is 2.83 bits per heavy atom. The molecule has 0 bridgehead atoms. The molecule has 1 aliphatic heterocycles. The van der Waals surface area contributed by atoms with Crippen LogP contribution in [0.15, 0.2) is 47.4 Å². The van der Waals surface area contributed by atoms with Gasteiger partial charge in [0.15, 0.2) is 0 Å². The first-order valence-electron chi connectivity index (χ1n) is 8.04. The van der Waals surface area contributed by atoms with Crippen molar-refractivity contribution in [1.29, 1.82) is 0 Å². The zero-order valence-electron chi connectivity index (χ0n) is 14.0. The number of anilines is 1. The van der Waals surface area contributed by atoms with E-state index in [0.717, 1.165) is 19.6 Å². The topological polar surface area (TPSA) is 24.5 Å². The van der Waals surface area contributed by atoms with E-state index < -0.39 is 0 Å². The van der Waals surface area contributed by atoms with E-state index in [0.29, 0.717) is 0 Å². The molecule has 1 aliphatic rings. The first-order chi connectivity index (χ1) is 11.2. The molecular formula is C19H24N2OS. The van der Waals surface area contributed by atoms with Gasteiger partial charge in [0.1, 0.15) is 0 Å². The molecule has 1 atom stereocenters. The van der Waals surface area contributed by atoms with E-state index in [-0.39, 0.29) is 6.04 Å². The van der Waals surface area contributed by atoms with Crippen molar-refractivity contribution < 1.29 is 4.74 Å². The largest absolute Gasteiger partial charge is 0.385 e. The standard InChI is InChI=1S/C19H24N2OS/c1-14-9-10-16-18(13-14)23-21(2)17-8-5-4-7-15(17)19(16)20-11-6-12-22-3/h4-5,7-10,13,19-20H,6,11-12H2,1-3H3. The smallest absolute Gasteiger partial charge is 0.0609 e. The quantitative estimate of drug-likeness (QED) is 0.658. The maximum absolute atomic E-state index is 5.18. The maximum Gasteiger partial charge on any atom is 0.0609 e. The van der Waals surface area contributed by atoms with E-state index in [4.69, 9.17) is 4.74 Å². The van der Waals surface area contributed by atoms with E-state index in [1.165, 1.54) is 27.3 Å². The molecule has 23 heavy (non-hydrogen) atoms. The van der Waals surface area contributed by atoms with Gasteiger partial charge in [-0.05, 0) is 60.7 Å². The Morgan fingerprint density at radius 2 is 2.00 bits per heavy atom. The molecule has 122 valence electrons. The molecule has 0 aromatic heterocycles. The number of nitrogens with one attached hydrogen (secondary N) is 1. The van der Waals surface area contributed by atoms with Gasteiger partial charge >= 0.3 is 0 Å². The molecule has 4 heteroatoms. The summed E-state index contributed by atoms with van der Waals surface area (Å²) in [6.07, 6.45) is 1.01. The third-order valence-corrected chi connectivity index (χ3v) is 5.20. The molecule has 0 radical (unpaired) electrons. The van der Waals surface area contributed by atoms with Crippen molar-refractivity contribution in [2.75, 3.05) is 31.6 Å². The third kappa shape index (κ3) is 3.55. The maximum atomic E-state index is 5.18. The van der Waals surface area contributed by atoms with Crippen LogP contribution in [0.1, 0.15) is 29.2 Å². The monoisotopic (exact) mass is 328 g/mol. The lowest BCUT2D eigenvalue weighted by Crippen LogP contribution is -2.25. The van der Waals surface area contributed by atoms with Gasteiger partial charge in [0.05, 0.1) is 11.7 Å². The van der Waals surface area contributed by atoms with Crippen molar-refractivity contribution in [2.24, 2.45) is 0 Å². The molecule has 2 aromatic rings. The molecular weight excluding hydrogens is 304 g/mol. The number of nitrogens with zero attached hydrogens (tertiary/aromatic N) is 1. The highest BCUT2D eigenvalue weighted by Crippen LogP contribution is 2.43. The van der Waals surface area contributed by atoms with Crippen LogP contribution in [-0.4, -0.2) is 27.3 Å². The minimum Gasteiger partial charge on any atom is -0.385 e. The number of ether oxygens (including phenoxy) is 1. The number of methoxy groups -OCH3 is 1. The Labute approximate surface area is 143 Å². The van der Waals surface area contributed by atoms with Gasteiger partial charge in [0, 0.05) is 25.7 Å². The molecule has 0 amide bonds. The van der Waals surface area contributed by atoms with Crippen molar-refractivity contribution in [3.8, 4) is 0 Å². The van der Waals surface area contributed by atoms with Crippen LogP contribution < -0.4 is 9.62 Å². The van der Waals surface area contributed by atoms with Crippen LogP contribution >= 0.6 is 11.9 Å². The van der Waals surface area contributed by atoms with Crippen LogP contribution in [0.5, 0.6) is 0 Å². The lowest BCUT2D eigenvalue weighted by atomic mass is 9.96. The number of fused-ring (bicyclic) bond motifs is 2. The van der Waals surface area contributed by atoms with Gasteiger partial charge < -0.3 is 14.4 Å². The molecule has 3 nitrogen and oxygen atoms in total. The highest BCUT2D eigenvalue weighted by molar-refractivity contribution is 8.00. The molecule has 0 fully saturated rings. The summed E-state index contributed by atoms with van der Waals surface area (Å²) in [6, 6.07) is 15.6. The van der Waals surface area contributed by atoms with E-state index in [2.05, 4.69) is 66.1 Å². The molecule has 1 N–H and O–H groups in total. The summed E-state index contributed by atoms with van der Waals surface area (Å²) in [5.41, 5.74) is 5.27. The molecule has 0 saturated heterocycles. The van der Waals surface area contributed by atoms with E-state index in [1.54, 1.807) is 19.1 Å². The summed E-state index contributed by atoms with van der Waals surface area (Å²) in [5, 5.41) is 3.73. The van der Waals surface area contributed by atoms with Crippen molar-refractivity contribution in [3.63, 3.8) is 0 Å². The fraction of sp³-hybridized carbons (Fsp3) is 0.368. The van der Waals surface area contributed by atoms with E-state index in [9.17, 15) is 0 Å². The minimum absolute atomic E-state index is 0.219. The number of benzene rings is 2. The van der Waals surface area contributed by atoms with Gasteiger partial charge in [-0.3, -0.25) is 0 Å². The summed E-state index contributed by atoms with van der Waals surface area (Å²) in [7, 11) is 3.90. The van der Waals surface area contributed by atoms with E-state index in [1.807, 2.05) is 0 Å². The number of rotatable bonds is 5. The van der Waals surface area contributed by atoms with E-state index >= 15 is 0 Å². The minimum atomic E-state index is 0.219. The van der Waals surface area contributed by atoms with Crippen LogP contribution in [0.3, 0.4) is 0 Å². The van der Waals surface area contributed by atoms with Gasteiger partial charge in [0.2, 0.25) is 0 Å². The summed E-state index contributed by atoms with van der Waals surface area (Å²) in [4.78, 5) is 1.33. The fourth-order valence-electron chi connectivity index (χ4n) is 3.02. The van der Waals surface area contributed by atoms with Crippen molar-refractivity contribution in [1.82, 2.24) is 5.32 Å². The van der Waals surface area contributed by atoms with Crippen LogP contribution in [0.2, 0.25) is 0 Å². The van der Waals surface area contributed by atoms with Crippen LogP contribution in [0, 0.1) is 6.92 Å². The second-order valence-corrected chi connectivity index (χ2v) is 7.09. The Bertz CT molecular complexity index is 674. The summed E-state index contributed by atoms with van der Waals surface area (Å²) >= 11 is 1.81. The van der Waals surface area contributed by atoms with Crippen LogP contribution in [0.4, 0.5) is 5.69 Å². The molecule has 0 aliphatic carbocycles. The normalized spacial score (nSPS) is 16.7. The van der Waals surface area contributed by atoms with Gasteiger partial charge in [-0.1, -0.05) is 30.3 Å². The Hall–Kier alpha value is -1.49. The van der Waals surface area contributed by atoms with Crippen molar-refractivity contribution in [3.05, 3.63) is 59.2 Å². The predicted molar refractivity (Wildman–Crippen MR) is 98.2 cm³/mol. The summed E-state index contributed by atoms with van der Waals surface area (Å²) < 4.78 is 7.44. The number of para-hydroxylation sites is 1. The first kappa shape index (κ1) is 16.4. The number of hydrogen-bond acceptors (Lipinski definition) is 4. The molecule has 1 heterocycles. The lowest BCUT2D eigenvalue weighted by molar-refractivity contribution is 0.193. The molecule has 3 rings (SSSR count). The zero-order valence-corrected chi connectivity index (χ0v) is 14.8. The molecule has 1 unspecified atom stereocenters. The Kier molecular flexibility index (Phi) is 5.26. The fourth-order valence-corrected chi connectivity index (χ4v) is 4.11. The van der Waals surface area contributed by atoms with Crippen molar-refractivity contribution in [2.45, 2.75) is 24.3 Å². The highest BCUT2D eigenvalue weighted by Gasteiger charge is 2.25. The third-order valence-electron chi connectivity index (χ3n) is 4.18. The number of aryl methyl sites for hydroxylation is 1.